The third kappa shape index (κ3) is 3.27. The largest absolute Gasteiger partial charge is 0.245 e. The van der Waals surface area contributed by atoms with E-state index in [-0.39, 0.29) is 5.41 Å². The number of hydrogen-bond donors (Lipinski definition) is 0. The average molecular weight is 282 g/mol. The van der Waals surface area contributed by atoms with Gasteiger partial charge in [-0.1, -0.05) is 20.8 Å². The molecule has 0 atom stereocenters. The Bertz CT molecular complexity index is 537. The first-order valence-electron chi connectivity index (χ1n) is 5.79. The lowest BCUT2D eigenvalue weighted by Gasteiger charge is -2.14. The van der Waals surface area contributed by atoms with Crippen LogP contribution in [0.25, 0.3) is 0 Å². The Morgan fingerprint density at radius 2 is 1.94 bits per heavy atom. The van der Waals surface area contributed by atoms with E-state index < -0.39 is 0 Å². The number of aryl methyl sites for hydroxylation is 1. The van der Waals surface area contributed by atoms with Gasteiger partial charge in [-0.25, -0.2) is 15.0 Å². The van der Waals surface area contributed by atoms with Crippen LogP contribution < -0.4 is 0 Å². The molecular formula is C13H16ClN3S. The highest BCUT2D eigenvalue weighted by Gasteiger charge is 2.17. The van der Waals surface area contributed by atoms with E-state index in [0.29, 0.717) is 11.7 Å². The highest BCUT2D eigenvalue weighted by Crippen LogP contribution is 2.25. The molecule has 0 saturated carbocycles. The Morgan fingerprint density at radius 1 is 1.22 bits per heavy atom. The monoisotopic (exact) mass is 281 g/mol. The zero-order chi connectivity index (χ0) is 13.3. The van der Waals surface area contributed by atoms with Gasteiger partial charge in [-0.05, 0) is 24.6 Å². The van der Waals surface area contributed by atoms with Gasteiger partial charge in [0.2, 0.25) is 5.28 Å². The minimum Gasteiger partial charge on any atom is -0.245 e. The van der Waals surface area contributed by atoms with E-state index in [1.54, 1.807) is 11.3 Å². The zero-order valence-corrected chi connectivity index (χ0v) is 12.6. The van der Waals surface area contributed by atoms with Crippen LogP contribution in [0.1, 0.15) is 42.9 Å². The second-order valence-electron chi connectivity index (χ2n) is 5.32. The van der Waals surface area contributed by atoms with Gasteiger partial charge in [0.15, 0.2) is 0 Å². The van der Waals surface area contributed by atoms with Crippen molar-refractivity contribution in [1.82, 2.24) is 15.0 Å². The molecule has 0 radical (unpaired) electrons. The molecule has 0 fully saturated rings. The predicted molar refractivity (Wildman–Crippen MR) is 75.4 cm³/mol. The molecule has 2 heterocycles. The van der Waals surface area contributed by atoms with E-state index in [1.807, 2.05) is 13.0 Å². The number of nitrogens with zero attached hydrogens (tertiary/aromatic N) is 3. The summed E-state index contributed by atoms with van der Waals surface area (Å²) in [7, 11) is 0. The highest BCUT2D eigenvalue weighted by molar-refractivity contribution is 7.09. The molecule has 0 spiro atoms. The molecular weight excluding hydrogens is 266 g/mol. The van der Waals surface area contributed by atoms with Crippen molar-refractivity contribution in [2.45, 2.75) is 39.5 Å². The number of aromatic nitrogens is 3. The Hall–Kier alpha value is -1.000. The lowest BCUT2D eigenvalue weighted by atomic mass is 9.93. The van der Waals surface area contributed by atoms with Crippen LogP contribution in [0.3, 0.4) is 0 Å². The van der Waals surface area contributed by atoms with Crippen molar-refractivity contribution in [3.05, 3.63) is 38.8 Å². The van der Waals surface area contributed by atoms with Crippen LogP contribution in [0, 0.1) is 6.92 Å². The van der Waals surface area contributed by atoms with Crippen molar-refractivity contribution in [1.29, 1.82) is 0 Å². The Labute approximate surface area is 116 Å². The summed E-state index contributed by atoms with van der Waals surface area (Å²) in [6.45, 7) is 8.41. The molecule has 2 aromatic heterocycles. The maximum absolute atomic E-state index is 5.85. The number of hydrogen-bond acceptors (Lipinski definition) is 4. The van der Waals surface area contributed by atoms with Crippen LogP contribution in [0.5, 0.6) is 0 Å². The normalized spacial score (nSPS) is 11.8. The molecule has 0 N–H and O–H groups in total. The average Bonchev–Trinajstić information content (AvgIpc) is 2.63. The summed E-state index contributed by atoms with van der Waals surface area (Å²) in [5, 5.41) is 3.48. The predicted octanol–water partition coefficient (Wildman–Crippen LogP) is 3.78. The SMILES string of the molecule is Cc1cc(Cc2nc(C(C)(C)C)cs2)nc(Cl)n1. The maximum Gasteiger partial charge on any atom is 0.222 e. The summed E-state index contributed by atoms with van der Waals surface area (Å²) >= 11 is 7.52. The van der Waals surface area contributed by atoms with E-state index >= 15 is 0 Å². The number of rotatable bonds is 2. The van der Waals surface area contributed by atoms with Gasteiger partial charge in [0.05, 0.1) is 16.4 Å². The summed E-state index contributed by atoms with van der Waals surface area (Å²) in [5.41, 5.74) is 3.02. The summed E-state index contributed by atoms with van der Waals surface area (Å²) < 4.78 is 0. The molecule has 0 aliphatic carbocycles. The topological polar surface area (TPSA) is 38.7 Å². The van der Waals surface area contributed by atoms with Gasteiger partial charge in [-0.3, -0.25) is 0 Å². The summed E-state index contributed by atoms with van der Waals surface area (Å²) in [6.07, 6.45) is 0.712. The fourth-order valence-corrected chi connectivity index (χ4v) is 2.85. The zero-order valence-electron chi connectivity index (χ0n) is 11.0. The van der Waals surface area contributed by atoms with Crippen molar-refractivity contribution in [2.75, 3.05) is 0 Å². The molecule has 0 saturated heterocycles. The lowest BCUT2D eigenvalue weighted by molar-refractivity contribution is 0.571. The van der Waals surface area contributed by atoms with E-state index in [9.17, 15) is 0 Å². The molecule has 0 aromatic carbocycles. The fraction of sp³-hybridized carbons (Fsp3) is 0.462. The maximum atomic E-state index is 5.85. The minimum atomic E-state index is 0.0913. The Balaban J connectivity index is 2.21. The molecule has 0 aliphatic rings. The molecule has 0 bridgehead atoms. The molecule has 0 aliphatic heterocycles. The van der Waals surface area contributed by atoms with Gasteiger partial charge >= 0.3 is 0 Å². The molecule has 96 valence electrons. The summed E-state index contributed by atoms with van der Waals surface area (Å²) in [5.74, 6) is 0. The fourth-order valence-electron chi connectivity index (χ4n) is 1.58. The van der Waals surface area contributed by atoms with Crippen LogP contribution in [-0.2, 0) is 11.8 Å². The van der Waals surface area contributed by atoms with Gasteiger partial charge in [-0.15, -0.1) is 11.3 Å². The first kappa shape index (κ1) is 13.4. The number of halogens is 1. The van der Waals surface area contributed by atoms with Crippen LogP contribution in [-0.4, -0.2) is 15.0 Å². The van der Waals surface area contributed by atoms with E-state index in [1.165, 1.54) is 0 Å². The molecule has 0 unspecified atom stereocenters. The minimum absolute atomic E-state index is 0.0913. The van der Waals surface area contributed by atoms with Crippen LogP contribution >= 0.6 is 22.9 Å². The van der Waals surface area contributed by atoms with Crippen molar-refractivity contribution in [3.63, 3.8) is 0 Å². The quantitative estimate of drug-likeness (QED) is 0.786. The van der Waals surface area contributed by atoms with Crippen molar-refractivity contribution < 1.29 is 0 Å². The highest BCUT2D eigenvalue weighted by atomic mass is 35.5. The van der Waals surface area contributed by atoms with Crippen molar-refractivity contribution in [2.24, 2.45) is 0 Å². The smallest absolute Gasteiger partial charge is 0.222 e. The number of thiazole rings is 1. The van der Waals surface area contributed by atoms with Crippen LogP contribution in [0.15, 0.2) is 11.4 Å². The van der Waals surface area contributed by atoms with Gasteiger partial charge in [0.1, 0.15) is 0 Å². The molecule has 3 nitrogen and oxygen atoms in total. The lowest BCUT2D eigenvalue weighted by Crippen LogP contribution is -2.11. The summed E-state index contributed by atoms with van der Waals surface area (Å²) in [6, 6.07) is 1.95. The molecule has 18 heavy (non-hydrogen) atoms. The van der Waals surface area contributed by atoms with Gasteiger partial charge in [0, 0.05) is 22.9 Å². The van der Waals surface area contributed by atoms with Crippen LogP contribution in [0.2, 0.25) is 5.28 Å². The van der Waals surface area contributed by atoms with Crippen molar-refractivity contribution in [3.8, 4) is 0 Å². The van der Waals surface area contributed by atoms with Gasteiger partial charge in [-0.2, -0.15) is 0 Å². The second-order valence-corrected chi connectivity index (χ2v) is 6.60. The van der Waals surface area contributed by atoms with E-state index in [2.05, 4.69) is 41.1 Å². The third-order valence-electron chi connectivity index (χ3n) is 2.53. The first-order valence-corrected chi connectivity index (χ1v) is 7.05. The van der Waals surface area contributed by atoms with E-state index in [4.69, 9.17) is 11.6 Å². The van der Waals surface area contributed by atoms with Gasteiger partial charge in [0.25, 0.3) is 0 Å². The van der Waals surface area contributed by atoms with E-state index in [0.717, 1.165) is 22.1 Å². The standard InChI is InChI=1S/C13H16ClN3S/c1-8-5-9(16-12(14)15-8)6-11-17-10(7-18-11)13(2,3)4/h5,7H,6H2,1-4H3. The molecule has 5 heteroatoms. The molecule has 0 amide bonds. The van der Waals surface area contributed by atoms with Gasteiger partial charge < -0.3 is 0 Å². The second kappa shape index (κ2) is 4.94. The van der Waals surface area contributed by atoms with Crippen LogP contribution in [0.4, 0.5) is 0 Å². The van der Waals surface area contributed by atoms with Crippen molar-refractivity contribution >= 4 is 22.9 Å². The Kier molecular flexibility index (Phi) is 3.69. The Morgan fingerprint density at radius 3 is 2.50 bits per heavy atom. The molecule has 2 rings (SSSR count). The first-order chi connectivity index (χ1) is 8.34. The summed E-state index contributed by atoms with van der Waals surface area (Å²) in [4.78, 5) is 12.9. The third-order valence-corrected chi connectivity index (χ3v) is 3.55. The molecule has 2 aromatic rings.